The quantitative estimate of drug-likeness (QED) is 0.242. The summed E-state index contributed by atoms with van der Waals surface area (Å²) in [5.74, 6) is -2.50. The zero-order valence-electron chi connectivity index (χ0n) is 27.4. The number of pyridine rings is 1. The molecule has 1 N–H and O–H groups in total. The Morgan fingerprint density at radius 3 is 2.48 bits per heavy atom. The predicted molar refractivity (Wildman–Crippen MR) is 175 cm³/mol. The minimum atomic E-state index is -1.39. The number of aliphatic hydroxyl groups excluding tert-OH is 1. The lowest BCUT2D eigenvalue weighted by Crippen LogP contribution is -2.71. The summed E-state index contributed by atoms with van der Waals surface area (Å²) in [5, 5.41) is 12.3. The molecule has 1 aromatic carbocycles. The molecule has 0 spiro atoms. The average molecular weight is 725 g/mol. The third kappa shape index (κ3) is 5.72. The number of fused-ring (bicyclic) bond motifs is 4. The Bertz CT molecular complexity index is 1810. The highest BCUT2D eigenvalue weighted by Gasteiger charge is 2.71. The summed E-state index contributed by atoms with van der Waals surface area (Å²) in [4.78, 5) is 55.9. The SMILES string of the molecule is CC(=O)OCC1(C)C2C[C@H](OC(=O)c3cccc(Br)c3)[C@@]3(C)Oc4cc(-c5cccnc5)oc(=O)c4[C@H](O)C3[C@@]2(C)CC[C@@H]1OC(C)=O. The van der Waals surface area contributed by atoms with Crippen LogP contribution in [0.5, 0.6) is 5.75 Å². The maximum absolute atomic E-state index is 13.8. The molecule has 3 aliphatic rings. The number of hydrogen-bond donors (Lipinski definition) is 1. The number of hydrogen-bond acceptors (Lipinski definition) is 11. The molecule has 2 fully saturated rings. The van der Waals surface area contributed by atoms with Gasteiger partial charge in [-0.3, -0.25) is 14.6 Å². The summed E-state index contributed by atoms with van der Waals surface area (Å²) < 4.78 is 30.9. The van der Waals surface area contributed by atoms with Gasteiger partial charge in [-0.1, -0.05) is 35.8 Å². The van der Waals surface area contributed by atoms with Crippen molar-refractivity contribution in [2.24, 2.45) is 22.7 Å². The molecule has 2 aromatic heterocycles. The van der Waals surface area contributed by atoms with Gasteiger partial charge in [-0.25, -0.2) is 9.59 Å². The molecule has 254 valence electrons. The first-order chi connectivity index (χ1) is 22.7. The normalized spacial score (nSPS) is 32.0. The Balaban J connectivity index is 1.51. The Kier molecular flexibility index (Phi) is 8.78. The van der Waals surface area contributed by atoms with Gasteiger partial charge in [0.1, 0.15) is 41.5 Å². The molecule has 11 nitrogen and oxygen atoms in total. The molecular formula is C36H38BrNO10. The minimum Gasteiger partial charge on any atom is -0.482 e. The van der Waals surface area contributed by atoms with Crippen LogP contribution in [0.3, 0.4) is 0 Å². The lowest BCUT2D eigenvalue weighted by atomic mass is 9.42. The number of halogens is 1. The van der Waals surface area contributed by atoms with Gasteiger partial charge in [-0.2, -0.15) is 0 Å². The maximum Gasteiger partial charge on any atom is 0.345 e. The highest BCUT2D eigenvalue weighted by atomic mass is 79.9. The van der Waals surface area contributed by atoms with Crippen LogP contribution >= 0.6 is 15.9 Å². The van der Waals surface area contributed by atoms with Crippen LogP contribution in [0.15, 0.2) is 68.5 Å². The van der Waals surface area contributed by atoms with Gasteiger partial charge in [0.2, 0.25) is 0 Å². The predicted octanol–water partition coefficient (Wildman–Crippen LogP) is 5.81. The van der Waals surface area contributed by atoms with Gasteiger partial charge in [0, 0.05) is 53.7 Å². The summed E-state index contributed by atoms with van der Waals surface area (Å²) in [6.07, 6.45) is 1.24. The van der Waals surface area contributed by atoms with Crippen LogP contribution in [0.4, 0.5) is 0 Å². The molecule has 3 unspecified atom stereocenters. The number of esters is 3. The zero-order chi connectivity index (χ0) is 34.6. The van der Waals surface area contributed by atoms with Crippen molar-refractivity contribution in [1.82, 2.24) is 4.98 Å². The fourth-order valence-electron chi connectivity index (χ4n) is 8.65. The van der Waals surface area contributed by atoms with Crippen LogP contribution in [0.2, 0.25) is 0 Å². The van der Waals surface area contributed by atoms with Crippen LogP contribution in [-0.4, -0.2) is 52.4 Å². The molecule has 0 saturated heterocycles. The number of benzene rings is 1. The van der Waals surface area contributed by atoms with E-state index in [9.17, 15) is 24.3 Å². The minimum absolute atomic E-state index is 0.0344. The molecule has 12 heteroatoms. The van der Waals surface area contributed by atoms with E-state index >= 15 is 0 Å². The molecule has 8 atom stereocenters. The molecular weight excluding hydrogens is 686 g/mol. The Hall–Kier alpha value is -4.03. The van der Waals surface area contributed by atoms with Crippen molar-refractivity contribution in [3.63, 3.8) is 0 Å². The lowest BCUT2D eigenvalue weighted by Gasteiger charge is -2.66. The molecule has 1 aliphatic heterocycles. The average Bonchev–Trinajstić information content (AvgIpc) is 3.02. The number of nitrogens with zero attached hydrogens (tertiary/aromatic N) is 1. The third-order valence-electron chi connectivity index (χ3n) is 10.7. The van der Waals surface area contributed by atoms with Crippen molar-refractivity contribution in [3.05, 3.63) is 80.9 Å². The maximum atomic E-state index is 13.8. The van der Waals surface area contributed by atoms with Crippen molar-refractivity contribution in [2.45, 2.75) is 77.8 Å². The number of aromatic nitrogens is 1. The monoisotopic (exact) mass is 723 g/mol. The third-order valence-corrected chi connectivity index (χ3v) is 11.2. The van der Waals surface area contributed by atoms with Crippen molar-refractivity contribution < 1.29 is 42.9 Å². The first-order valence-electron chi connectivity index (χ1n) is 15.9. The van der Waals surface area contributed by atoms with Crippen LogP contribution in [0, 0.1) is 22.7 Å². The molecule has 48 heavy (non-hydrogen) atoms. The van der Waals surface area contributed by atoms with Crippen LogP contribution in [-0.2, 0) is 23.8 Å². The molecule has 0 bridgehead atoms. The van der Waals surface area contributed by atoms with Gasteiger partial charge >= 0.3 is 23.5 Å². The number of rotatable bonds is 6. The molecule has 3 aromatic rings. The fourth-order valence-corrected chi connectivity index (χ4v) is 9.05. The van der Waals surface area contributed by atoms with E-state index in [0.717, 1.165) is 0 Å². The number of ether oxygens (including phenoxy) is 4. The zero-order valence-corrected chi connectivity index (χ0v) is 28.9. The van der Waals surface area contributed by atoms with E-state index in [-0.39, 0.29) is 30.1 Å². The van der Waals surface area contributed by atoms with Crippen LogP contribution in [0.1, 0.15) is 75.9 Å². The highest BCUT2D eigenvalue weighted by Crippen LogP contribution is 2.67. The first kappa shape index (κ1) is 33.9. The summed E-state index contributed by atoms with van der Waals surface area (Å²) in [6, 6.07) is 11.8. The van der Waals surface area contributed by atoms with E-state index in [1.54, 1.807) is 61.8 Å². The summed E-state index contributed by atoms with van der Waals surface area (Å²) in [5.41, 5.74) is -3.03. The molecule has 2 saturated carbocycles. The topological polar surface area (TPSA) is 151 Å². The Morgan fingerprint density at radius 1 is 1.04 bits per heavy atom. The lowest BCUT2D eigenvalue weighted by molar-refractivity contribution is -0.266. The van der Waals surface area contributed by atoms with Crippen molar-refractivity contribution in [1.29, 1.82) is 0 Å². The van der Waals surface area contributed by atoms with E-state index in [2.05, 4.69) is 20.9 Å². The van der Waals surface area contributed by atoms with E-state index in [1.165, 1.54) is 13.8 Å². The Morgan fingerprint density at radius 2 is 1.81 bits per heavy atom. The molecule has 2 aliphatic carbocycles. The second-order valence-corrected chi connectivity index (χ2v) is 14.7. The fraction of sp³-hybridized carbons (Fsp3) is 0.472. The number of carbonyl (C=O) groups is 3. The first-order valence-corrected chi connectivity index (χ1v) is 16.7. The highest BCUT2D eigenvalue weighted by molar-refractivity contribution is 9.10. The molecule has 6 rings (SSSR count). The van der Waals surface area contributed by atoms with Gasteiger partial charge in [0.15, 0.2) is 0 Å². The number of carbonyl (C=O) groups excluding carboxylic acids is 3. The summed E-state index contributed by atoms with van der Waals surface area (Å²) in [7, 11) is 0. The molecule has 3 heterocycles. The summed E-state index contributed by atoms with van der Waals surface area (Å²) >= 11 is 3.41. The van der Waals surface area contributed by atoms with Gasteiger partial charge in [-0.05, 0) is 67.9 Å². The second kappa shape index (κ2) is 12.5. The van der Waals surface area contributed by atoms with Crippen LogP contribution < -0.4 is 10.4 Å². The van der Waals surface area contributed by atoms with Crippen molar-refractivity contribution in [2.75, 3.05) is 6.61 Å². The standard InChI is InChI=1S/C36H38BrNO10/c1-19(39)44-18-35(4)26-16-28(47-32(42)21-8-6-10-23(37)14-21)36(5)31(34(26,3)12-11-27(35)45-20(2)40)30(41)29-25(48-36)15-24(46-33(29)43)22-9-7-13-38-17-22/h6-10,13-15,17,26-28,30-31,41H,11-12,16,18H2,1-5H3/t26?,27-,28-,30-,31?,34-,35?,36+/m0/s1. The van der Waals surface area contributed by atoms with E-state index in [4.69, 9.17) is 23.4 Å². The van der Waals surface area contributed by atoms with Gasteiger partial charge < -0.3 is 28.5 Å². The van der Waals surface area contributed by atoms with Gasteiger partial charge in [-0.15, -0.1) is 0 Å². The Labute approximate surface area is 286 Å². The van der Waals surface area contributed by atoms with E-state index in [0.29, 0.717) is 28.4 Å². The molecule has 0 amide bonds. The van der Waals surface area contributed by atoms with E-state index in [1.807, 2.05) is 13.8 Å². The van der Waals surface area contributed by atoms with Crippen molar-refractivity contribution in [3.8, 4) is 17.1 Å². The second-order valence-electron chi connectivity index (χ2n) is 13.7. The van der Waals surface area contributed by atoms with E-state index < -0.39 is 70.1 Å². The van der Waals surface area contributed by atoms with Crippen molar-refractivity contribution >= 4 is 33.8 Å². The van der Waals surface area contributed by atoms with Gasteiger partial charge in [0.05, 0.1) is 11.7 Å². The number of aliphatic hydroxyl groups is 1. The summed E-state index contributed by atoms with van der Waals surface area (Å²) in [6.45, 7) is 8.24. The largest absolute Gasteiger partial charge is 0.482 e. The smallest absolute Gasteiger partial charge is 0.345 e. The van der Waals surface area contributed by atoms with Crippen LogP contribution in [0.25, 0.3) is 11.3 Å². The van der Waals surface area contributed by atoms with Gasteiger partial charge in [0.25, 0.3) is 0 Å². The molecule has 0 radical (unpaired) electrons.